The van der Waals surface area contributed by atoms with Gasteiger partial charge in [0, 0.05) is 12.1 Å². The van der Waals surface area contributed by atoms with Gasteiger partial charge in [-0.3, -0.25) is 14.5 Å². The fourth-order valence-corrected chi connectivity index (χ4v) is 5.48. The Bertz CT molecular complexity index is 1250. The number of carbonyl (C=O) groups is 2. The van der Waals surface area contributed by atoms with Gasteiger partial charge in [0.2, 0.25) is 11.8 Å². The molecule has 3 aromatic carbocycles. The molecule has 0 bridgehead atoms. The number of carbonyl (C=O) groups excluding carboxylic acids is 2. The maximum absolute atomic E-state index is 13.2. The average molecular weight is 466 g/mol. The molecule has 1 N–H and O–H groups in total. The highest BCUT2D eigenvalue weighted by molar-refractivity contribution is 8.16. The van der Waals surface area contributed by atoms with Gasteiger partial charge in [0.25, 0.3) is 10.0 Å². The van der Waals surface area contributed by atoms with Crippen LogP contribution in [-0.2, 0) is 19.6 Å². The number of hydrogen-bond donors (Lipinski definition) is 1. The molecule has 162 valence electrons. The van der Waals surface area contributed by atoms with Gasteiger partial charge >= 0.3 is 0 Å². The largest absolute Gasteiger partial charge is 0.326 e. The topological polar surface area (TPSA) is 95.9 Å². The van der Waals surface area contributed by atoms with Crippen LogP contribution in [0.1, 0.15) is 6.42 Å². The van der Waals surface area contributed by atoms with E-state index in [4.69, 9.17) is 0 Å². The molecule has 1 atom stereocenters. The Labute approximate surface area is 190 Å². The first-order valence-electron chi connectivity index (χ1n) is 9.75. The number of nitrogens with zero attached hydrogens (tertiary/aromatic N) is 2. The Balaban J connectivity index is 1.63. The molecule has 1 aliphatic heterocycles. The number of para-hydroxylation sites is 2. The predicted molar refractivity (Wildman–Crippen MR) is 126 cm³/mol. The molecule has 0 unspecified atom stereocenters. The number of anilines is 2. The Morgan fingerprint density at radius 1 is 0.906 bits per heavy atom. The highest BCUT2D eigenvalue weighted by Crippen LogP contribution is 2.35. The Kier molecular flexibility index (Phi) is 6.38. The number of hydrogen-bond acceptors (Lipinski definition) is 5. The zero-order valence-corrected chi connectivity index (χ0v) is 18.4. The third-order valence-electron chi connectivity index (χ3n) is 4.62. The van der Waals surface area contributed by atoms with Crippen molar-refractivity contribution in [3.63, 3.8) is 0 Å². The maximum Gasteiger partial charge on any atom is 0.284 e. The first-order chi connectivity index (χ1) is 15.4. The van der Waals surface area contributed by atoms with Gasteiger partial charge in [-0.15, -0.1) is 4.40 Å². The molecule has 9 heteroatoms. The summed E-state index contributed by atoms with van der Waals surface area (Å²) < 4.78 is 29.6. The summed E-state index contributed by atoms with van der Waals surface area (Å²) in [4.78, 5) is 27.0. The van der Waals surface area contributed by atoms with Gasteiger partial charge in [-0.2, -0.15) is 8.42 Å². The molecule has 0 aromatic heterocycles. The van der Waals surface area contributed by atoms with Gasteiger partial charge in [-0.25, -0.2) is 0 Å². The smallest absolute Gasteiger partial charge is 0.284 e. The van der Waals surface area contributed by atoms with E-state index < -0.39 is 21.2 Å². The van der Waals surface area contributed by atoms with Crippen molar-refractivity contribution in [2.45, 2.75) is 16.6 Å². The molecule has 1 fully saturated rings. The van der Waals surface area contributed by atoms with Crippen molar-refractivity contribution in [3.05, 3.63) is 91.0 Å². The lowest BCUT2D eigenvalue weighted by molar-refractivity contribution is -0.121. The zero-order chi connectivity index (χ0) is 22.6. The van der Waals surface area contributed by atoms with Gasteiger partial charge in [0.1, 0.15) is 5.25 Å². The van der Waals surface area contributed by atoms with Crippen molar-refractivity contribution in [2.24, 2.45) is 4.40 Å². The zero-order valence-electron chi connectivity index (χ0n) is 16.8. The van der Waals surface area contributed by atoms with Crippen LogP contribution in [0.5, 0.6) is 0 Å². The lowest BCUT2D eigenvalue weighted by atomic mass is 10.2. The molecule has 0 radical (unpaired) electrons. The molecule has 0 spiro atoms. The minimum Gasteiger partial charge on any atom is -0.326 e. The summed E-state index contributed by atoms with van der Waals surface area (Å²) in [6.07, 6.45) is -0.119. The van der Waals surface area contributed by atoms with E-state index in [-0.39, 0.29) is 22.4 Å². The van der Waals surface area contributed by atoms with E-state index in [9.17, 15) is 18.0 Å². The molecule has 0 aliphatic carbocycles. The summed E-state index contributed by atoms with van der Waals surface area (Å²) in [6, 6.07) is 25.4. The normalized spacial score (nSPS) is 17.5. The van der Waals surface area contributed by atoms with E-state index in [1.807, 2.05) is 6.07 Å². The van der Waals surface area contributed by atoms with Crippen LogP contribution in [0.4, 0.5) is 11.4 Å². The average Bonchev–Trinajstić information content (AvgIpc) is 3.09. The second kappa shape index (κ2) is 9.37. The predicted octanol–water partition coefficient (Wildman–Crippen LogP) is 3.91. The molecule has 1 aliphatic rings. The summed E-state index contributed by atoms with van der Waals surface area (Å²) in [6.45, 7) is 0. The summed E-state index contributed by atoms with van der Waals surface area (Å²) in [5.74, 6) is -0.742. The van der Waals surface area contributed by atoms with Gasteiger partial charge in [0.15, 0.2) is 5.17 Å². The molecular weight excluding hydrogens is 446 g/mol. The molecule has 2 amide bonds. The minimum absolute atomic E-state index is 0.0163. The molecule has 1 saturated heterocycles. The van der Waals surface area contributed by atoms with E-state index in [0.29, 0.717) is 11.4 Å². The van der Waals surface area contributed by atoms with Crippen molar-refractivity contribution in [3.8, 4) is 0 Å². The van der Waals surface area contributed by atoms with Crippen molar-refractivity contribution in [1.82, 2.24) is 0 Å². The van der Waals surface area contributed by atoms with Gasteiger partial charge in [-0.05, 0) is 36.4 Å². The number of amides is 2. The lowest BCUT2D eigenvalue weighted by Gasteiger charge is -2.16. The molecule has 4 rings (SSSR count). The standard InChI is InChI=1S/C23H19N3O4S2/c27-21(24-17-10-4-1-5-11-17)16-20-22(28)26(18-12-6-2-7-13-18)23(31-20)25-32(29,30)19-14-8-3-9-15-19/h1-15,20H,16H2,(H,24,27)/t20-/m1/s1. The van der Waals surface area contributed by atoms with Crippen LogP contribution < -0.4 is 10.2 Å². The van der Waals surface area contributed by atoms with Crippen LogP contribution in [0.3, 0.4) is 0 Å². The number of thioether (sulfide) groups is 1. The highest BCUT2D eigenvalue weighted by Gasteiger charge is 2.41. The molecule has 1 heterocycles. The quantitative estimate of drug-likeness (QED) is 0.596. The van der Waals surface area contributed by atoms with Crippen molar-refractivity contribution >= 4 is 50.1 Å². The van der Waals surface area contributed by atoms with Gasteiger partial charge < -0.3 is 5.32 Å². The van der Waals surface area contributed by atoms with Crippen LogP contribution in [0, 0.1) is 0 Å². The number of nitrogens with one attached hydrogen (secondary N) is 1. The van der Waals surface area contributed by atoms with Gasteiger partial charge in [-0.1, -0.05) is 66.4 Å². The summed E-state index contributed by atoms with van der Waals surface area (Å²) in [7, 11) is -4.04. The number of rotatable bonds is 6. The number of benzene rings is 3. The van der Waals surface area contributed by atoms with E-state index >= 15 is 0 Å². The van der Waals surface area contributed by atoms with E-state index in [0.717, 1.165) is 11.8 Å². The molecular formula is C23H19N3O4S2. The van der Waals surface area contributed by atoms with Crippen LogP contribution in [0.25, 0.3) is 0 Å². The molecule has 3 aromatic rings. The monoisotopic (exact) mass is 465 g/mol. The van der Waals surface area contributed by atoms with E-state index in [1.165, 1.54) is 17.0 Å². The Morgan fingerprint density at radius 3 is 2.09 bits per heavy atom. The first-order valence-corrected chi connectivity index (χ1v) is 12.1. The Morgan fingerprint density at radius 2 is 1.47 bits per heavy atom. The SMILES string of the molecule is O=C(C[C@H]1SC(=NS(=O)(=O)c2ccccc2)N(c2ccccc2)C1=O)Nc1ccccc1. The van der Waals surface area contributed by atoms with Crippen LogP contribution in [0.15, 0.2) is 100 Å². The van der Waals surface area contributed by atoms with Crippen molar-refractivity contribution < 1.29 is 18.0 Å². The maximum atomic E-state index is 13.2. The third kappa shape index (κ3) is 4.90. The fourth-order valence-electron chi connectivity index (χ4n) is 3.12. The molecule has 7 nitrogen and oxygen atoms in total. The van der Waals surface area contributed by atoms with Crippen molar-refractivity contribution in [1.29, 1.82) is 0 Å². The van der Waals surface area contributed by atoms with Crippen LogP contribution in [0.2, 0.25) is 0 Å². The first kappa shape index (κ1) is 21.8. The summed E-state index contributed by atoms with van der Waals surface area (Å²) in [5.41, 5.74) is 1.10. The van der Waals surface area contributed by atoms with Crippen LogP contribution >= 0.6 is 11.8 Å². The number of amidine groups is 1. The fraction of sp³-hybridized carbons (Fsp3) is 0.0870. The highest BCUT2D eigenvalue weighted by atomic mass is 32.2. The summed E-state index contributed by atoms with van der Waals surface area (Å²) >= 11 is 0.969. The van der Waals surface area contributed by atoms with E-state index in [2.05, 4.69) is 9.71 Å². The molecule has 0 saturated carbocycles. The van der Waals surface area contributed by atoms with Gasteiger partial charge in [0.05, 0.1) is 10.6 Å². The lowest BCUT2D eigenvalue weighted by Crippen LogP contribution is -2.33. The van der Waals surface area contributed by atoms with E-state index in [1.54, 1.807) is 72.8 Å². The second-order valence-electron chi connectivity index (χ2n) is 6.90. The van der Waals surface area contributed by atoms with Crippen LogP contribution in [-0.4, -0.2) is 30.6 Å². The van der Waals surface area contributed by atoms with Crippen molar-refractivity contribution in [2.75, 3.05) is 10.2 Å². The molecule has 32 heavy (non-hydrogen) atoms. The minimum atomic E-state index is -4.04. The third-order valence-corrected chi connectivity index (χ3v) is 7.15. The number of sulfonamides is 1. The second-order valence-corrected chi connectivity index (χ2v) is 9.67. The summed E-state index contributed by atoms with van der Waals surface area (Å²) in [5, 5.41) is 1.97. The Hall–Kier alpha value is -3.43.